The van der Waals surface area contributed by atoms with E-state index in [0.29, 0.717) is 25.1 Å². The predicted octanol–water partition coefficient (Wildman–Crippen LogP) is 0.280. The Morgan fingerprint density at radius 3 is 2.75 bits per heavy atom. The number of carbonyl (C=O) groups is 2. The van der Waals surface area contributed by atoms with Crippen LogP contribution in [0.5, 0.6) is 0 Å². The number of amides is 2. The Labute approximate surface area is 140 Å². The van der Waals surface area contributed by atoms with Crippen molar-refractivity contribution in [3.05, 3.63) is 29.8 Å². The molecule has 2 amide bonds. The molecule has 24 heavy (non-hydrogen) atoms. The number of sulfonamides is 1. The maximum Gasteiger partial charge on any atom is 0.267 e. The second-order valence-electron chi connectivity index (χ2n) is 5.80. The predicted molar refractivity (Wildman–Crippen MR) is 88.9 cm³/mol. The molecule has 1 aromatic rings. The van der Waals surface area contributed by atoms with Crippen LogP contribution in [0.1, 0.15) is 30.9 Å². The lowest BCUT2D eigenvalue weighted by molar-refractivity contribution is -0.121. The molecule has 3 rings (SSSR count). The number of rotatable bonds is 3. The molecule has 2 N–H and O–H groups in total. The normalized spacial score (nSPS) is 20.7. The van der Waals surface area contributed by atoms with Gasteiger partial charge in [-0.3, -0.25) is 13.9 Å². The third-order valence-electron chi connectivity index (χ3n) is 4.07. The Morgan fingerprint density at radius 2 is 2.08 bits per heavy atom. The molecule has 1 aromatic carbocycles. The van der Waals surface area contributed by atoms with Gasteiger partial charge in [-0.05, 0) is 18.1 Å². The lowest BCUT2D eigenvalue weighted by atomic mass is 9.97. The summed E-state index contributed by atoms with van der Waals surface area (Å²) in [6.45, 7) is 0.296. The first-order valence-electron chi connectivity index (χ1n) is 7.59. The number of para-hydroxylation sites is 1. The summed E-state index contributed by atoms with van der Waals surface area (Å²) in [5.74, 6) is -0.555. The van der Waals surface area contributed by atoms with Gasteiger partial charge in [-0.1, -0.05) is 18.2 Å². The zero-order chi connectivity index (χ0) is 17.3. The highest BCUT2D eigenvalue weighted by molar-refractivity contribution is 7.92. The van der Waals surface area contributed by atoms with Crippen LogP contribution in [0.3, 0.4) is 0 Å². The molecule has 2 heterocycles. The number of carbonyl (C=O) groups excluding carboxylic acids is 2. The molecule has 0 fully saturated rings. The van der Waals surface area contributed by atoms with E-state index in [9.17, 15) is 18.0 Å². The smallest absolute Gasteiger partial charge is 0.267 e. The summed E-state index contributed by atoms with van der Waals surface area (Å²) < 4.78 is 25.2. The molecule has 0 saturated heterocycles. The van der Waals surface area contributed by atoms with Crippen LogP contribution in [0.4, 0.5) is 5.69 Å². The monoisotopic (exact) mass is 350 g/mol. The third-order valence-corrected chi connectivity index (χ3v) is 5.25. The first kappa shape index (κ1) is 16.4. The number of hydrogen-bond acceptors (Lipinski definition) is 5. The number of nitrogens with zero attached hydrogens (tertiary/aromatic N) is 2. The molecular weight excluding hydrogens is 332 g/mol. The quantitative estimate of drug-likeness (QED) is 0.816. The summed E-state index contributed by atoms with van der Waals surface area (Å²) in [6.07, 6.45) is 2.16. The molecular formula is C15H18N4O4S. The summed E-state index contributed by atoms with van der Waals surface area (Å²) in [7, 11) is -3.37. The molecule has 0 spiro atoms. The van der Waals surface area contributed by atoms with Crippen LogP contribution in [0.2, 0.25) is 0 Å². The van der Waals surface area contributed by atoms with Crippen molar-refractivity contribution in [3.63, 3.8) is 0 Å². The molecule has 0 aromatic heterocycles. The van der Waals surface area contributed by atoms with Crippen molar-refractivity contribution in [1.29, 1.82) is 0 Å². The minimum absolute atomic E-state index is 0.210. The average Bonchev–Trinajstić information content (AvgIpc) is 2.54. The van der Waals surface area contributed by atoms with E-state index in [0.717, 1.165) is 5.56 Å². The fourth-order valence-electron chi connectivity index (χ4n) is 2.91. The van der Waals surface area contributed by atoms with E-state index in [2.05, 4.69) is 15.8 Å². The number of fused-ring (bicyclic) bond motifs is 1. The van der Waals surface area contributed by atoms with E-state index < -0.39 is 10.0 Å². The van der Waals surface area contributed by atoms with Crippen LogP contribution < -0.4 is 15.0 Å². The number of benzene rings is 1. The van der Waals surface area contributed by atoms with Crippen LogP contribution in [0.25, 0.3) is 0 Å². The van der Waals surface area contributed by atoms with Crippen LogP contribution in [-0.2, 0) is 19.6 Å². The van der Waals surface area contributed by atoms with E-state index in [1.165, 1.54) is 10.6 Å². The van der Waals surface area contributed by atoms with E-state index in [1.54, 1.807) is 12.1 Å². The Bertz CT molecular complexity index is 819. The number of nitrogens with one attached hydrogen (secondary N) is 2. The van der Waals surface area contributed by atoms with E-state index in [-0.39, 0.29) is 30.0 Å². The summed E-state index contributed by atoms with van der Waals surface area (Å²) >= 11 is 0. The second kappa shape index (κ2) is 6.23. The van der Waals surface area contributed by atoms with Crippen molar-refractivity contribution in [2.75, 3.05) is 17.1 Å². The highest BCUT2D eigenvalue weighted by atomic mass is 32.2. The Hall–Kier alpha value is -2.42. The maximum absolute atomic E-state index is 12.3. The SMILES string of the molecule is CS(=O)(=O)N1CCC(NC(=O)C2=NNC(=O)CC2)c2ccccc21. The Balaban J connectivity index is 1.82. The topological polar surface area (TPSA) is 108 Å². The zero-order valence-corrected chi connectivity index (χ0v) is 14.0. The fourth-order valence-corrected chi connectivity index (χ4v) is 3.87. The summed E-state index contributed by atoms with van der Waals surface area (Å²) in [5.41, 5.74) is 3.90. The first-order valence-corrected chi connectivity index (χ1v) is 9.44. The van der Waals surface area contributed by atoms with Gasteiger partial charge in [0.05, 0.1) is 18.0 Å². The molecule has 0 radical (unpaired) electrons. The van der Waals surface area contributed by atoms with Gasteiger partial charge >= 0.3 is 0 Å². The van der Waals surface area contributed by atoms with Crippen molar-refractivity contribution in [2.45, 2.75) is 25.3 Å². The Kier molecular flexibility index (Phi) is 4.27. The van der Waals surface area contributed by atoms with E-state index >= 15 is 0 Å². The zero-order valence-electron chi connectivity index (χ0n) is 13.2. The number of hydrazone groups is 1. The molecule has 1 unspecified atom stereocenters. The Morgan fingerprint density at radius 1 is 1.33 bits per heavy atom. The van der Waals surface area contributed by atoms with Crippen molar-refractivity contribution in [3.8, 4) is 0 Å². The van der Waals surface area contributed by atoms with Gasteiger partial charge in [0.15, 0.2) is 0 Å². The van der Waals surface area contributed by atoms with Gasteiger partial charge in [0, 0.05) is 19.4 Å². The molecule has 0 aliphatic carbocycles. The van der Waals surface area contributed by atoms with Gasteiger partial charge in [0.1, 0.15) is 5.71 Å². The van der Waals surface area contributed by atoms with Gasteiger partial charge in [-0.2, -0.15) is 5.10 Å². The number of anilines is 1. The van der Waals surface area contributed by atoms with Crippen LogP contribution >= 0.6 is 0 Å². The van der Waals surface area contributed by atoms with E-state index in [1.807, 2.05) is 12.1 Å². The standard InChI is InChI=1S/C15H18N4O4S/c1-24(22,23)19-9-8-11(10-4-2-3-5-13(10)19)16-15(21)12-6-7-14(20)18-17-12/h2-5,11H,6-9H2,1H3,(H,16,21)(H,18,20). The average molecular weight is 350 g/mol. The van der Waals surface area contributed by atoms with Crippen molar-refractivity contribution in [2.24, 2.45) is 5.10 Å². The van der Waals surface area contributed by atoms with Gasteiger partial charge in [0.2, 0.25) is 15.9 Å². The van der Waals surface area contributed by atoms with Crippen LogP contribution in [0.15, 0.2) is 29.4 Å². The molecule has 8 nitrogen and oxygen atoms in total. The fraction of sp³-hybridized carbons (Fsp3) is 0.400. The molecule has 0 saturated carbocycles. The van der Waals surface area contributed by atoms with Crippen molar-refractivity contribution >= 4 is 33.2 Å². The van der Waals surface area contributed by atoms with Gasteiger partial charge < -0.3 is 5.32 Å². The lowest BCUT2D eigenvalue weighted by Gasteiger charge is -2.34. The molecule has 128 valence electrons. The van der Waals surface area contributed by atoms with Gasteiger partial charge in [-0.15, -0.1) is 0 Å². The molecule has 0 bridgehead atoms. The van der Waals surface area contributed by atoms with Crippen LogP contribution in [-0.4, -0.2) is 38.7 Å². The first-order chi connectivity index (χ1) is 11.4. The summed E-state index contributed by atoms with van der Waals surface area (Å²) in [5, 5.41) is 6.67. The summed E-state index contributed by atoms with van der Waals surface area (Å²) in [6, 6.07) is 6.81. The summed E-state index contributed by atoms with van der Waals surface area (Å²) in [4.78, 5) is 23.4. The van der Waals surface area contributed by atoms with Crippen LogP contribution in [0, 0.1) is 0 Å². The van der Waals surface area contributed by atoms with Gasteiger partial charge in [-0.25, -0.2) is 13.8 Å². The highest BCUT2D eigenvalue weighted by Gasteiger charge is 2.31. The second-order valence-corrected chi connectivity index (χ2v) is 7.71. The largest absolute Gasteiger partial charge is 0.344 e. The number of hydrogen-bond donors (Lipinski definition) is 2. The minimum Gasteiger partial charge on any atom is -0.344 e. The van der Waals surface area contributed by atoms with Crippen molar-refractivity contribution < 1.29 is 18.0 Å². The molecule has 1 atom stereocenters. The van der Waals surface area contributed by atoms with Crippen molar-refractivity contribution in [1.82, 2.24) is 10.7 Å². The molecule has 9 heteroatoms. The third kappa shape index (κ3) is 3.25. The highest BCUT2D eigenvalue weighted by Crippen LogP contribution is 2.34. The van der Waals surface area contributed by atoms with E-state index in [4.69, 9.17) is 0 Å². The molecule has 2 aliphatic rings. The molecule has 2 aliphatic heterocycles. The lowest BCUT2D eigenvalue weighted by Crippen LogP contribution is -2.43. The van der Waals surface area contributed by atoms with Gasteiger partial charge in [0.25, 0.3) is 5.91 Å². The minimum atomic E-state index is -3.37. The maximum atomic E-state index is 12.3.